The van der Waals surface area contributed by atoms with Crippen LogP contribution in [0.1, 0.15) is 188 Å². The van der Waals surface area contributed by atoms with Gasteiger partial charge in [-0.05, 0) is 59.6 Å². The summed E-state index contributed by atoms with van der Waals surface area (Å²) >= 11 is 0. The molecule has 3 nitrogen and oxygen atoms in total. The van der Waals surface area contributed by atoms with E-state index in [0.29, 0.717) is 18.6 Å². The Kier molecular flexibility index (Phi) is 17.9. The van der Waals surface area contributed by atoms with Gasteiger partial charge in [0.2, 0.25) is 0 Å². The summed E-state index contributed by atoms with van der Waals surface area (Å²) in [7, 11) is 0. The fourth-order valence-electron chi connectivity index (χ4n) is 5.57. The molecule has 0 aliphatic carbocycles. The van der Waals surface area contributed by atoms with Gasteiger partial charge >= 0.3 is 5.97 Å². The van der Waals surface area contributed by atoms with E-state index in [0.717, 1.165) is 42.4 Å². The van der Waals surface area contributed by atoms with Gasteiger partial charge in [0.25, 0.3) is 0 Å². The molecule has 1 N–H and O–H groups in total. The van der Waals surface area contributed by atoms with Crippen molar-refractivity contribution in [1.82, 2.24) is 0 Å². The Morgan fingerprint density at radius 1 is 0.675 bits per heavy atom. The van der Waals surface area contributed by atoms with Crippen LogP contribution in [-0.4, -0.2) is 17.2 Å². The van der Waals surface area contributed by atoms with Crippen LogP contribution in [0.3, 0.4) is 0 Å². The average Bonchev–Trinajstić information content (AvgIpc) is 2.87. The zero-order valence-corrected chi connectivity index (χ0v) is 27.9. The van der Waals surface area contributed by atoms with Gasteiger partial charge < -0.3 is 9.84 Å². The first kappa shape index (κ1) is 36.5. The molecule has 1 unspecified atom stereocenters. The van der Waals surface area contributed by atoms with Crippen LogP contribution in [0.2, 0.25) is 0 Å². The Labute approximate surface area is 249 Å². The maximum Gasteiger partial charge on any atom is 0.306 e. The summed E-state index contributed by atoms with van der Waals surface area (Å²) in [5.41, 5.74) is 2.68. The summed E-state index contributed by atoms with van der Waals surface area (Å²) in [5.74, 6) is 0.320. The maximum absolute atomic E-state index is 13.0. The molecule has 1 rings (SSSR count). The van der Waals surface area contributed by atoms with Gasteiger partial charge in [-0.2, -0.15) is 0 Å². The van der Waals surface area contributed by atoms with Crippen molar-refractivity contribution in [3.63, 3.8) is 0 Å². The second kappa shape index (κ2) is 19.6. The van der Waals surface area contributed by atoms with E-state index in [-0.39, 0.29) is 22.9 Å². The number of aryl methyl sites for hydroxylation is 1. The van der Waals surface area contributed by atoms with Crippen molar-refractivity contribution in [2.24, 2.45) is 0 Å². The van der Waals surface area contributed by atoms with Crippen molar-refractivity contribution in [2.75, 3.05) is 0 Å². The van der Waals surface area contributed by atoms with Gasteiger partial charge in [0.1, 0.15) is 11.9 Å². The van der Waals surface area contributed by atoms with Crippen molar-refractivity contribution in [3.8, 4) is 5.75 Å². The topological polar surface area (TPSA) is 46.5 Å². The molecule has 0 spiro atoms. The molecule has 0 fully saturated rings. The molecular formula is C37H66O3. The minimum Gasteiger partial charge on any atom is -0.507 e. The number of aromatic hydroxyl groups is 1. The second-order valence-corrected chi connectivity index (χ2v) is 14.3. The fourth-order valence-corrected chi connectivity index (χ4v) is 5.57. The highest BCUT2D eigenvalue weighted by molar-refractivity contribution is 5.70. The van der Waals surface area contributed by atoms with E-state index in [1.165, 1.54) is 83.5 Å². The molecule has 0 aliphatic heterocycles. The molecule has 1 aromatic rings. The summed E-state index contributed by atoms with van der Waals surface area (Å²) in [6, 6.07) is 4.18. The molecule has 0 aromatic heterocycles. The standard InChI is InChI=1S/C37H66O3/c1-9-11-13-15-17-18-19-21-23-25-31(24-22-20-16-14-12-10-2)40-34(38)27-26-30-28-32(36(3,4)5)35(39)33(29-30)37(6,7)8/h28-29,31,39H,9-27H2,1-8H3. The van der Waals surface area contributed by atoms with Crippen LogP contribution >= 0.6 is 0 Å². The third-order valence-corrected chi connectivity index (χ3v) is 8.21. The summed E-state index contributed by atoms with van der Waals surface area (Å²) in [6.07, 6.45) is 22.5. The molecule has 40 heavy (non-hydrogen) atoms. The Morgan fingerprint density at radius 3 is 1.43 bits per heavy atom. The normalized spacial score (nSPS) is 13.0. The molecule has 1 aromatic carbocycles. The van der Waals surface area contributed by atoms with E-state index < -0.39 is 0 Å². The minimum absolute atomic E-state index is 0.0540. The highest BCUT2D eigenvalue weighted by Crippen LogP contribution is 2.40. The first-order valence-electron chi connectivity index (χ1n) is 17.0. The van der Waals surface area contributed by atoms with Gasteiger partial charge in [0.05, 0.1) is 0 Å². The molecule has 0 amide bonds. The van der Waals surface area contributed by atoms with E-state index in [2.05, 4.69) is 67.5 Å². The van der Waals surface area contributed by atoms with Crippen LogP contribution in [0.25, 0.3) is 0 Å². The lowest BCUT2D eigenvalue weighted by atomic mass is 9.78. The molecule has 0 heterocycles. The first-order chi connectivity index (χ1) is 18.9. The smallest absolute Gasteiger partial charge is 0.306 e. The highest BCUT2D eigenvalue weighted by Gasteiger charge is 2.26. The monoisotopic (exact) mass is 559 g/mol. The zero-order valence-electron chi connectivity index (χ0n) is 27.9. The van der Waals surface area contributed by atoms with Gasteiger partial charge in [0.15, 0.2) is 0 Å². The number of ether oxygens (including phenoxy) is 1. The van der Waals surface area contributed by atoms with Gasteiger partial charge in [-0.1, -0.05) is 151 Å². The van der Waals surface area contributed by atoms with Crippen molar-refractivity contribution in [3.05, 3.63) is 28.8 Å². The third-order valence-electron chi connectivity index (χ3n) is 8.21. The Balaban J connectivity index is 2.69. The third kappa shape index (κ3) is 15.5. The van der Waals surface area contributed by atoms with Crippen LogP contribution in [0, 0.1) is 0 Å². The summed E-state index contributed by atoms with van der Waals surface area (Å²) in [6.45, 7) is 17.3. The zero-order chi connectivity index (χ0) is 30.0. The highest BCUT2D eigenvalue weighted by atomic mass is 16.5. The number of benzene rings is 1. The second-order valence-electron chi connectivity index (χ2n) is 14.3. The molecule has 0 saturated heterocycles. The molecule has 0 radical (unpaired) electrons. The number of carbonyl (C=O) groups is 1. The largest absolute Gasteiger partial charge is 0.507 e. The van der Waals surface area contributed by atoms with E-state index in [4.69, 9.17) is 4.74 Å². The van der Waals surface area contributed by atoms with Crippen molar-refractivity contribution < 1.29 is 14.6 Å². The number of rotatable bonds is 21. The number of phenols is 1. The van der Waals surface area contributed by atoms with Crippen molar-refractivity contribution >= 4 is 5.97 Å². The molecule has 0 aliphatic rings. The Hall–Kier alpha value is -1.51. The number of phenolic OH excluding ortho intramolecular Hbond substituents is 1. The summed E-state index contributed by atoms with van der Waals surface area (Å²) in [5, 5.41) is 11.0. The predicted octanol–water partition coefficient (Wildman–Crippen LogP) is 11.5. The lowest BCUT2D eigenvalue weighted by Crippen LogP contribution is -2.20. The van der Waals surface area contributed by atoms with Crippen LogP contribution in [0.15, 0.2) is 12.1 Å². The minimum atomic E-state index is -0.168. The van der Waals surface area contributed by atoms with Gasteiger partial charge in [-0.3, -0.25) is 4.79 Å². The molecule has 0 saturated carbocycles. The number of unbranched alkanes of at least 4 members (excludes halogenated alkanes) is 13. The quantitative estimate of drug-likeness (QED) is 0.120. The lowest BCUT2D eigenvalue weighted by Gasteiger charge is -2.28. The van der Waals surface area contributed by atoms with E-state index in [1.807, 2.05) is 0 Å². The van der Waals surface area contributed by atoms with Crippen LogP contribution < -0.4 is 0 Å². The molecule has 232 valence electrons. The van der Waals surface area contributed by atoms with Crippen LogP contribution in [0.4, 0.5) is 0 Å². The summed E-state index contributed by atoms with van der Waals surface area (Å²) in [4.78, 5) is 13.0. The number of hydrogen-bond donors (Lipinski definition) is 1. The maximum atomic E-state index is 13.0. The van der Waals surface area contributed by atoms with Gasteiger partial charge in [0, 0.05) is 6.42 Å². The van der Waals surface area contributed by atoms with E-state index >= 15 is 0 Å². The van der Waals surface area contributed by atoms with Gasteiger partial charge in [-0.15, -0.1) is 0 Å². The van der Waals surface area contributed by atoms with Crippen molar-refractivity contribution in [2.45, 2.75) is 194 Å². The van der Waals surface area contributed by atoms with E-state index in [9.17, 15) is 9.90 Å². The predicted molar refractivity (Wildman–Crippen MR) is 174 cm³/mol. The Morgan fingerprint density at radius 2 is 1.05 bits per heavy atom. The Bertz CT molecular complexity index is 777. The van der Waals surface area contributed by atoms with Crippen LogP contribution in [-0.2, 0) is 26.8 Å². The van der Waals surface area contributed by atoms with Gasteiger partial charge in [-0.25, -0.2) is 0 Å². The first-order valence-corrected chi connectivity index (χ1v) is 17.0. The van der Waals surface area contributed by atoms with E-state index in [1.54, 1.807) is 0 Å². The lowest BCUT2D eigenvalue weighted by molar-refractivity contribution is -0.149. The number of carbonyl (C=O) groups excluding carboxylic acids is 1. The number of hydrogen-bond acceptors (Lipinski definition) is 3. The van der Waals surface area contributed by atoms with Crippen LogP contribution in [0.5, 0.6) is 5.75 Å². The van der Waals surface area contributed by atoms with Crippen molar-refractivity contribution in [1.29, 1.82) is 0 Å². The molecule has 3 heteroatoms. The number of esters is 1. The SMILES string of the molecule is CCCCCCCCCCCC(CCCCCCCC)OC(=O)CCc1cc(C(C)(C)C)c(O)c(C(C)(C)C)c1. The molecule has 0 bridgehead atoms. The fraction of sp³-hybridized carbons (Fsp3) is 0.811. The average molecular weight is 559 g/mol. The summed E-state index contributed by atoms with van der Waals surface area (Å²) < 4.78 is 6.10. The molecular weight excluding hydrogens is 492 g/mol. The molecule has 1 atom stereocenters.